The molecule has 0 spiro atoms. The number of hydrogen-bond donors (Lipinski definition) is 1. The van der Waals surface area contributed by atoms with E-state index in [-0.39, 0.29) is 6.23 Å². The molecular weight excluding hydrogens is 186 g/mol. The predicted molar refractivity (Wildman–Crippen MR) is 62.8 cm³/mol. The number of methoxy groups -OCH3 is 1. The van der Waals surface area contributed by atoms with Gasteiger partial charge in [-0.05, 0) is 17.8 Å². The predicted octanol–water partition coefficient (Wildman–Crippen LogP) is 2.70. The number of ether oxygens (including phenoxy) is 1. The maximum absolute atomic E-state index is 5.38. The molecule has 0 aromatic heterocycles. The highest BCUT2D eigenvalue weighted by Crippen LogP contribution is 2.24. The van der Waals surface area contributed by atoms with Gasteiger partial charge in [0, 0.05) is 12.7 Å². The molecule has 1 unspecified atom stereocenters. The van der Waals surface area contributed by atoms with Gasteiger partial charge in [0.25, 0.3) is 0 Å². The zero-order valence-corrected chi connectivity index (χ0v) is 9.03. The van der Waals surface area contributed by atoms with Crippen molar-refractivity contribution in [3.63, 3.8) is 0 Å². The molecule has 0 saturated heterocycles. The molecule has 0 saturated carbocycles. The molecule has 2 aromatic rings. The van der Waals surface area contributed by atoms with Gasteiger partial charge in [0.05, 0.1) is 0 Å². The van der Waals surface area contributed by atoms with Gasteiger partial charge in [-0.2, -0.15) is 0 Å². The molecule has 0 aliphatic rings. The first-order chi connectivity index (χ1) is 7.36. The molecule has 0 amide bonds. The van der Waals surface area contributed by atoms with E-state index in [1.54, 1.807) is 7.11 Å². The Balaban J connectivity index is 2.59. The number of rotatable bonds is 3. The molecule has 0 radical (unpaired) electrons. The highest BCUT2D eigenvalue weighted by molar-refractivity contribution is 5.85. The minimum Gasteiger partial charge on any atom is -0.362 e. The van der Waals surface area contributed by atoms with Gasteiger partial charge in [0.2, 0.25) is 0 Å². The van der Waals surface area contributed by atoms with Gasteiger partial charge < -0.3 is 4.74 Å². The van der Waals surface area contributed by atoms with Crippen LogP contribution in [0.4, 0.5) is 0 Å². The van der Waals surface area contributed by atoms with E-state index < -0.39 is 0 Å². The summed E-state index contributed by atoms with van der Waals surface area (Å²) in [4.78, 5) is 0. The minimum absolute atomic E-state index is 0.0453. The summed E-state index contributed by atoms with van der Waals surface area (Å²) in [5, 5.41) is 5.62. The lowest BCUT2D eigenvalue weighted by atomic mass is 10.0. The molecule has 1 N–H and O–H groups in total. The van der Waals surface area contributed by atoms with E-state index in [9.17, 15) is 0 Å². The Morgan fingerprint density at radius 3 is 2.53 bits per heavy atom. The minimum atomic E-state index is -0.0453. The molecule has 1 atom stereocenters. The first kappa shape index (κ1) is 10.1. The highest BCUT2D eigenvalue weighted by atomic mass is 16.5. The summed E-state index contributed by atoms with van der Waals surface area (Å²) in [6.45, 7) is 0. The largest absolute Gasteiger partial charge is 0.362 e. The van der Waals surface area contributed by atoms with Crippen molar-refractivity contribution in [2.45, 2.75) is 6.23 Å². The lowest BCUT2D eigenvalue weighted by molar-refractivity contribution is 0.0821. The Hall–Kier alpha value is -1.38. The van der Waals surface area contributed by atoms with Crippen LogP contribution in [0, 0.1) is 0 Å². The molecule has 78 valence electrons. The van der Waals surface area contributed by atoms with Crippen LogP contribution in [0.5, 0.6) is 0 Å². The molecule has 2 heteroatoms. The van der Waals surface area contributed by atoms with Crippen molar-refractivity contribution in [2.75, 3.05) is 14.2 Å². The molecule has 2 rings (SSSR count). The number of fused-ring (bicyclic) bond motifs is 1. The first-order valence-electron chi connectivity index (χ1n) is 5.04. The number of hydrogen-bond acceptors (Lipinski definition) is 2. The van der Waals surface area contributed by atoms with Crippen LogP contribution in [0.15, 0.2) is 42.5 Å². The van der Waals surface area contributed by atoms with Crippen molar-refractivity contribution in [3.05, 3.63) is 48.0 Å². The van der Waals surface area contributed by atoms with Gasteiger partial charge >= 0.3 is 0 Å². The lowest BCUT2D eigenvalue weighted by Gasteiger charge is -2.16. The van der Waals surface area contributed by atoms with E-state index in [1.807, 2.05) is 19.2 Å². The third-order valence-electron chi connectivity index (χ3n) is 2.60. The molecule has 2 aromatic carbocycles. The molecule has 0 aliphatic heterocycles. The molecule has 0 fully saturated rings. The van der Waals surface area contributed by atoms with Gasteiger partial charge in [0.1, 0.15) is 6.23 Å². The monoisotopic (exact) mass is 201 g/mol. The Kier molecular flexibility index (Phi) is 2.99. The van der Waals surface area contributed by atoms with E-state index in [1.165, 1.54) is 16.3 Å². The van der Waals surface area contributed by atoms with Crippen molar-refractivity contribution in [3.8, 4) is 0 Å². The summed E-state index contributed by atoms with van der Waals surface area (Å²) in [5.74, 6) is 0. The van der Waals surface area contributed by atoms with Crippen molar-refractivity contribution in [1.29, 1.82) is 0 Å². The standard InChI is InChI=1S/C13H15NO/c1-14-13(15-2)12-9-5-7-10-6-3-4-8-11(10)12/h3-9,13-14H,1-2H3. The Morgan fingerprint density at radius 1 is 1.07 bits per heavy atom. The number of benzene rings is 2. The average molecular weight is 201 g/mol. The van der Waals surface area contributed by atoms with Crippen LogP contribution in [0.25, 0.3) is 10.8 Å². The van der Waals surface area contributed by atoms with E-state index in [0.29, 0.717) is 0 Å². The molecular formula is C13H15NO. The van der Waals surface area contributed by atoms with Gasteiger partial charge in [-0.15, -0.1) is 0 Å². The van der Waals surface area contributed by atoms with Crippen LogP contribution in [0.2, 0.25) is 0 Å². The quantitative estimate of drug-likeness (QED) is 0.771. The first-order valence-corrected chi connectivity index (χ1v) is 5.04. The fourth-order valence-corrected chi connectivity index (χ4v) is 1.88. The summed E-state index contributed by atoms with van der Waals surface area (Å²) in [6, 6.07) is 14.6. The second-order valence-electron chi connectivity index (χ2n) is 3.47. The fourth-order valence-electron chi connectivity index (χ4n) is 1.88. The van der Waals surface area contributed by atoms with E-state index in [0.717, 1.165) is 0 Å². The molecule has 0 aliphatic carbocycles. The van der Waals surface area contributed by atoms with Crippen LogP contribution in [-0.4, -0.2) is 14.2 Å². The van der Waals surface area contributed by atoms with Crippen molar-refractivity contribution < 1.29 is 4.74 Å². The van der Waals surface area contributed by atoms with E-state index >= 15 is 0 Å². The van der Waals surface area contributed by atoms with Crippen LogP contribution >= 0.6 is 0 Å². The van der Waals surface area contributed by atoms with Gasteiger partial charge in [-0.1, -0.05) is 42.5 Å². The zero-order valence-electron chi connectivity index (χ0n) is 9.03. The second-order valence-corrected chi connectivity index (χ2v) is 3.47. The normalized spacial score (nSPS) is 12.9. The Morgan fingerprint density at radius 2 is 1.80 bits per heavy atom. The summed E-state index contributed by atoms with van der Waals surface area (Å²) in [6.07, 6.45) is -0.0453. The van der Waals surface area contributed by atoms with Crippen LogP contribution in [-0.2, 0) is 4.74 Å². The Labute approximate surface area is 89.9 Å². The molecule has 0 bridgehead atoms. The van der Waals surface area contributed by atoms with E-state index in [4.69, 9.17) is 4.74 Å². The molecule has 0 heterocycles. The topological polar surface area (TPSA) is 21.3 Å². The highest BCUT2D eigenvalue weighted by Gasteiger charge is 2.09. The third-order valence-corrected chi connectivity index (χ3v) is 2.60. The summed E-state index contributed by atoms with van der Waals surface area (Å²) >= 11 is 0. The number of nitrogens with one attached hydrogen (secondary N) is 1. The summed E-state index contributed by atoms with van der Waals surface area (Å²) in [7, 11) is 3.61. The van der Waals surface area contributed by atoms with Crippen LogP contribution in [0.3, 0.4) is 0 Å². The van der Waals surface area contributed by atoms with Crippen LogP contribution < -0.4 is 5.32 Å². The van der Waals surface area contributed by atoms with Crippen molar-refractivity contribution >= 4 is 10.8 Å². The zero-order chi connectivity index (χ0) is 10.7. The average Bonchev–Trinajstić information content (AvgIpc) is 2.31. The van der Waals surface area contributed by atoms with Crippen LogP contribution in [0.1, 0.15) is 11.8 Å². The van der Waals surface area contributed by atoms with E-state index in [2.05, 4.69) is 35.6 Å². The van der Waals surface area contributed by atoms with Gasteiger partial charge in [-0.3, -0.25) is 5.32 Å². The SMILES string of the molecule is CNC(OC)c1cccc2ccccc12. The second kappa shape index (κ2) is 4.43. The fraction of sp³-hybridized carbons (Fsp3) is 0.231. The maximum Gasteiger partial charge on any atom is 0.134 e. The molecule has 2 nitrogen and oxygen atoms in total. The maximum atomic E-state index is 5.38. The molecule has 15 heavy (non-hydrogen) atoms. The summed E-state index contributed by atoms with van der Waals surface area (Å²) in [5.41, 5.74) is 1.18. The lowest BCUT2D eigenvalue weighted by Crippen LogP contribution is -2.18. The van der Waals surface area contributed by atoms with Gasteiger partial charge in [0.15, 0.2) is 0 Å². The van der Waals surface area contributed by atoms with Crippen molar-refractivity contribution in [2.24, 2.45) is 0 Å². The smallest absolute Gasteiger partial charge is 0.134 e. The summed E-state index contributed by atoms with van der Waals surface area (Å²) < 4.78 is 5.38. The Bertz CT molecular complexity index is 444. The van der Waals surface area contributed by atoms with Gasteiger partial charge in [-0.25, -0.2) is 0 Å². The van der Waals surface area contributed by atoms with Crippen molar-refractivity contribution in [1.82, 2.24) is 5.32 Å². The third kappa shape index (κ3) is 1.87.